The molecule has 0 radical (unpaired) electrons. The summed E-state index contributed by atoms with van der Waals surface area (Å²) >= 11 is 1.27. The van der Waals surface area contributed by atoms with Crippen LogP contribution in [0.25, 0.3) is 11.1 Å². The van der Waals surface area contributed by atoms with E-state index in [0.29, 0.717) is 29.3 Å². The Balaban J connectivity index is 1.58. The van der Waals surface area contributed by atoms with Gasteiger partial charge in [-0.05, 0) is 42.7 Å². The van der Waals surface area contributed by atoms with Crippen LogP contribution in [-0.4, -0.2) is 30.1 Å². The number of thiophene rings is 1. The van der Waals surface area contributed by atoms with Crippen LogP contribution < -0.4 is 5.32 Å². The number of carboxylic acids is 1. The predicted molar refractivity (Wildman–Crippen MR) is 129 cm³/mol. The van der Waals surface area contributed by atoms with Crippen molar-refractivity contribution < 1.29 is 24.2 Å². The van der Waals surface area contributed by atoms with Gasteiger partial charge in [-0.2, -0.15) is 0 Å². The normalized spacial score (nSPS) is 21.4. The van der Waals surface area contributed by atoms with Crippen LogP contribution in [0.4, 0.5) is 5.00 Å². The highest BCUT2D eigenvalue weighted by atomic mass is 32.1. The fraction of sp³-hybridized carbons (Fsp3) is 0.500. The minimum Gasteiger partial charge on any atom is -0.481 e. The number of hydrogen-bond donors (Lipinski definition) is 2. The number of esters is 1. The fourth-order valence-electron chi connectivity index (χ4n) is 5.28. The zero-order chi connectivity index (χ0) is 23.4. The van der Waals surface area contributed by atoms with Gasteiger partial charge in [-0.15, -0.1) is 11.3 Å². The van der Waals surface area contributed by atoms with Gasteiger partial charge in [-0.3, -0.25) is 9.59 Å². The van der Waals surface area contributed by atoms with E-state index in [1.54, 1.807) is 0 Å². The molecule has 1 heterocycles. The second kappa shape index (κ2) is 10.5. The summed E-state index contributed by atoms with van der Waals surface area (Å²) in [7, 11) is 1.32. The monoisotopic (exact) mass is 469 g/mol. The van der Waals surface area contributed by atoms with Crippen molar-refractivity contribution in [3.63, 3.8) is 0 Å². The van der Waals surface area contributed by atoms with Gasteiger partial charge in [0.1, 0.15) is 10.6 Å². The minimum atomic E-state index is -0.937. The largest absolute Gasteiger partial charge is 0.481 e. The van der Waals surface area contributed by atoms with Crippen molar-refractivity contribution in [1.29, 1.82) is 0 Å². The molecule has 1 amide bonds. The number of methoxy groups -OCH3 is 1. The molecular weight excluding hydrogens is 438 g/mol. The first kappa shape index (κ1) is 23.5. The Morgan fingerprint density at radius 3 is 2.21 bits per heavy atom. The SMILES string of the molecule is COC(=O)c1c(-c2ccc(C3CCCCC3)cc2)csc1NC(=O)[C@@H]1CCCC[C@@H]1C(=O)O. The molecule has 4 rings (SSSR count). The highest BCUT2D eigenvalue weighted by Gasteiger charge is 2.36. The van der Waals surface area contributed by atoms with Gasteiger partial charge < -0.3 is 15.2 Å². The number of carboxylic acid groups (broad SMARTS) is 1. The third kappa shape index (κ3) is 5.13. The number of ether oxygens (including phenoxy) is 1. The molecule has 1 aromatic heterocycles. The first-order valence-corrected chi connectivity index (χ1v) is 12.7. The summed E-state index contributed by atoms with van der Waals surface area (Å²) in [5, 5.41) is 14.6. The summed E-state index contributed by atoms with van der Waals surface area (Å²) in [6, 6.07) is 8.35. The van der Waals surface area contributed by atoms with Gasteiger partial charge in [-0.1, -0.05) is 56.4 Å². The molecule has 0 aliphatic heterocycles. The zero-order valence-electron chi connectivity index (χ0n) is 19.0. The quantitative estimate of drug-likeness (QED) is 0.500. The molecule has 0 spiro atoms. The van der Waals surface area contributed by atoms with E-state index in [1.165, 1.54) is 56.1 Å². The highest BCUT2D eigenvalue weighted by Crippen LogP contribution is 2.39. The number of amides is 1. The van der Waals surface area contributed by atoms with Crippen molar-refractivity contribution in [2.45, 2.75) is 63.7 Å². The molecule has 0 unspecified atom stereocenters. The number of anilines is 1. The number of benzene rings is 1. The molecule has 0 saturated heterocycles. The van der Waals surface area contributed by atoms with Crippen LogP contribution in [0.3, 0.4) is 0 Å². The maximum absolute atomic E-state index is 13.0. The standard InChI is InChI=1S/C26H31NO5S/c1-32-26(31)22-21(18-13-11-17(12-14-18)16-7-3-2-4-8-16)15-33-24(22)27-23(28)19-9-5-6-10-20(19)25(29)30/h11-16,19-20H,2-10H2,1H3,(H,27,28)(H,29,30)/t19-,20+/m1/s1. The lowest BCUT2D eigenvalue weighted by atomic mass is 9.78. The van der Waals surface area contributed by atoms with Crippen LogP contribution in [0.5, 0.6) is 0 Å². The van der Waals surface area contributed by atoms with Gasteiger partial charge in [0.15, 0.2) is 0 Å². The van der Waals surface area contributed by atoms with Crippen molar-refractivity contribution in [2.24, 2.45) is 11.8 Å². The fourth-order valence-corrected chi connectivity index (χ4v) is 6.24. The Morgan fingerprint density at radius 1 is 0.939 bits per heavy atom. The second-order valence-electron chi connectivity index (χ2n) is 9.13. The van der Waals surface area contributed by atoms with E-state index in [4.69, 9.17) is 4.74 Å². The first-order valence-electron chi connectivity index (χ1n) is 11.8. The molecule has 2 aliphatic rings. The van der Waals surface area contributed by atoms with Crippen LogP contribution in [0, 0.1) is 11.8 Å². The Labute approximate surface area is 198 Å². The molecule has 2 fully saturated rings. The number of nitrogens with one attached hydrogen (secondary N) is 1. The smallest absolute Gasteiger partial charge is 0.341 e. The van der Waals surface area contributed by atoms with E-state index in [1.807, 2.05) is 17.5 Å². The molecule has 2 N–H and O–H groups in total. The lowest BCUT2D eigenvalue weighted by molar-refractivity contribution is -0.147. The number of carbonyl (C=O) groups excluding carboxylic acids is 2. The van der Waals surface area contributed by atoms with Gasteiger partial charge in [0.05, 0.1) is 18.9 Å². The molecule has 7 heteroatoms. The van der Waals surface area contributed by atoms with Crippen LogP contribution in [-0.2, 0) is 14.3 Å². The number of carbonyl (C=O) groups is 3. The minimum absolute atomic E-state index is 0.323. The van der Waals surface area contributed by atoms with Gasteiger partial charge in [0.25, 0.3) is 0 Å². The molecule has 33 heavy (non-hydrogen) atoms. The zero-order valence-corrected chi connectivity index (χ0v) is 19.8. The van der Waals surface area contributed by atoms with E-state index in [0.717, 1.165) is 24.0 Å². The maximum atomic E-state index is 13.0. The molecule has 6 nitrogen and oxygen atoms in total. The topological polar surface area (TPSA) is 92.7 Å². The number of rotatable bonds is 6. The Bertz CT molecular complexity index is 1010. The molecule has 0 bridgehead atoms. The van der Waals surface area contributed by atoms with Crippen molar-refractivity contribution in [1.82, 2.24) is 0 Å². The highest BCUT2D eigenvalue weighted by molar-refractivity contribution is 7.15. The van der Waals surface area contributed by atoms with Crippen molar-refractivity contribution in [2.75, 3.05) is 12.4 Å². The molecule has 2 aliphatic carbocycles. The molecule has 176 valence electrons. The summed E-state index contributed by atoms with van der Waals surface area (Å²) in [6.45, 7) is 0. The average Bonchev–Trinajstić information content (AvgIpc) is 3.27. The second-order valence-corrected chi connectivity index (χ2v) is 10.0. The lowest BCUT2D eigenvalue weighted by Crippen LogP contribution is -2.36. The van der Waals surface area contributed by atoms with Crippen LogP contribution in [0.15, 0.2) is 29.6 Å². The van der Waals surface area contributed by atoms with Crippen molar-refractivity contribution >= 4 is 34.2 Å². The maximum Gasteiger partial charge on any atom is 0.341 e. The van der Waals surface area contributed by atoms with E-state index in [9.17, 15) is 19.5 Å². The Kier molecular flexibility index (Phi) is 7.48. The van der Waals surface area contributed by atoms with Gasteiger partial charge >= 0.3 is 11.9 Å². The van der Waals surface area contributed by atoms with Gasteiger partial charge in [-0.25, -0.2) is 4.79 Å². The molecule has 2 saturated carbocycles. The summed E-state index contributed by atoms with van der Waals surface area (Å²) < 4.78 is 5.03. The number of hydrogen-bond acceptors (Lipinski definition) is 5. The van der Waals surface area contributed by atoms with Crippen molar-refractivity contribution in [3.05, 3.63) is 40.8 Å². The van der Waals surface area contributed by atoms with Gasteiger partial charge in [0.2, 0.25) is 5.91 Å². The van der Waals surface area contributed by atoms with Crippen molar-refractivity contribution in [3.8, 4) is 11.1 Å². The summed E-state index contributed by atoms with van der Waals surface area (Å²) in [5.74, 6) is -2.48. The number of aliphatic carboxylic acids is 1. The average molecular weight is 470 g/mol. The van der Waals surface area contributed by atoms with E-state index in [-0.39, 0.29) is 5.91 Å². The van der Waals surface area contributed by atoms with E-state index < -0.39 is 23.8 Å². The molecule has 2 atom stereocenters. The molecular formula is C26H31NO5S. The molecule has 2 aromatic rings. The third-order valence-electron chi connectivity index (χ3n) is 7.14. The van der Waals surface area contributed by atoms with Crippen LogP contribution >= 0.6 is 11.3 Å². The van der Waals surface area contributed by atoms with E-state index in [2.05, 4.69) is 17.4 Å². The molecule has 1 aromatic carbocycles. The van der Waals surface area contributed by atoms with Crippen LogP contribution in [0.2, 0.25) is 0 Å². The van der Waals surface area contributed by atoms with Crippen LogP contribution in [0.1, 0.15) is 79.6 Å². The first-order chi connectivity index (χ1) is 16.0. The predicted octanol–water partition coefficient (Wildman–Crippen LogP) is 6.08. The van der Waals surface area contributed by atoms with Gasteiger partial charge in [0, 0.05) is 10.9 Å². The third-order valence-corrected chi connectivity index (χ3v) is 8.03. The Morgan fingerprint density at radius 2 is 1.58 bits per heavy atom. The summed E-state index contributed by atoms with van der Waals surface area (Å²) in [6.07, 6.45) is 8.99. The van der Waals surface area contributed by atoms with E-state index >= 15 is 0 Å². The Hall–Kier alpha value is -2.67. The summed E-state index contributed by atoms with van der Waals surface area (Å²) in [4.78, 5) is 37.3. The summed E-state index contributed by atoms with van der Waals surface area (Å²) in [5.41, 5.74) is 3.27. The lowest BCUT2D eigenvalue weighted by Gasteiger charge is -2.27.